The number of likely N-dealkylation sites (N-methyl/N-ethyl adjacent to an activating group) is 1. The molecule has 36 heavy (non-hydrogen) atoms. The van der Waals surface area contributed by atoms with Gasteiger partial charge in [0.1, 0.15) is 0 Å². The fourth-order valence-corrected chi connectivity index (χ4v) is 5.19. The maximum Gasteiger partial charge on any atom is 0.255 e. The molecule has 0 radical (unpaired) electrons. The lowest BCUT2D eigenvalue weighted by atomic mass is 9.93. The van der Waals surface area contributed by atoms with Gasteiger partial charge in [-0.3, -0.25) is 14.8 Å². The van der Waals surface area contributed by atoms with Crippen LogP contribution in [0.15, 0.2) is 72.9 Å². The third-order valence-electron chi connectivity index (χ3n) is 7.24. The zero-order valence-corrected chi connectivity index (χ0v) is 20.4. The van der Waals surface area contributed by atoms with E-state index >= 15 is 0 Å². The highest BCUT2D eigenvalue weighted by molar-refractivity contribution is 6.08. The van der Waals surface area contributed by atoms with Gasteiger partial charge in [-0.1, -0.05) is 60.7 Å². The first-order valence-electron chi connectivity index (χ1n) is 12.5. The second-order valence-electron chi connectivity index (χ2n) is 9.56. The molecule has 0 saturated carbocycles. The van der Waals surface area contributed by atoms with Crippen LogP contribution in [0, 0.1) is 0 Å². The molecule has 0 unspecified atom stereocenters. The van der Waals surface area contributed by atoms with Crippen LogP contribution in [0.2, 0.25) is 0 Å². The molecule has 0 bridgehead atoms. The molecular formula is C29H30N6O. The van der Waals surface area contributed by atoms with Crippen molar-refractivity contribution < 1.29 is 4.79 Å². The fraction of sp³-hybridized carbons (Fsp3) is 0.241. The van der Waals surface area contributed by atoms with Gasteiger partial charge in [0.2, 0.25) is 0 Å². The largest absolute Gasteiger partial charge is 0.367 e. The monoisotopic (exact) mass is 478 g/mol. The number of carbonyl (C=O) groups is 1. The molecular weight excluding hydrogens is 448 g/mol. The van der Waals surface area contributed by atoms with Gasteiger partial charge >= 0.3 is 0 Å². The maximum atomic E-state index is 12.7. The lowest BCUT2D eigenvalue weighted by Gasteiger charge is -2.32. The Morgan fingerprint density at radius 1 is 0.806 bits per heavy atom. The molecule has 1 aromatic heterocycles. The maximum absolute atomic E-state index is 12.7. The number of anilines is 1. The van der Waals surface area contributed by atoms with Crippen LogP contribution >= 0.6 is 0 Å². The minimum absolute atomic E-state index is 0.0706. The molecule has 2 aliphatic heterocycles. The van der Waals surface area contributed by atoms with Crippen LogP contribution in [0.3, 0.4) is 0 Å². The molecule has 0 aliphatic carbocycles. The molecule has 182 valence electrons. The third-order valence-corrected chi connectivity index (χ3v) is 7.24. The minimum atomic E-state index is -0.0706. The van der Waals surface area contributed by atoms with E-state index < -0.39 is 0 Å². The van der Waals surface area contributed by atoms with Crippen LogP contribution in [0.25, 0.3) is 33.5 Å². The third kappa shape index (κ3) is 4.27. The highest BCUT2D eigenvalue weighted by Crippen LogP contribution is 2.36. The number of rotatable bonds is 5. The Labute approximate surface area is 211 Å². The first kappa shape index (κ1) is 22.5. The van der Waals surface area contributed by atoms with Crippen LogP contribution < -0.4 is 10.6 Å². The van der Waals surface area contributed by atoms with Crippen LogP contribution in [-0.4, -0.2) is 65.8 Å². The molecule has 3 heterocycles. The van der Waals surface area contributed by atoms with Crippen LogP contribution in [-0.2, 0) is 6.54 Å². The fourth-order valence-electron chi connectivity index (χ4n) is 5.19. The number of aromatic nitrogens is 2. The number of aromatic amines is 1. The van der Waals surface area contributed by atoms with E-state index in [9.17, 15) is 4.79 Å². The van der Waals surface area contributed by atoms with Gasteiger partial charge in [-0.15, -0.1) is 0 Å². The van der Waals surface area contributed by atoms with Crippen molar-refractivity contribution in [3.05, 3.63) is 84.1 Å². The van der Waals surface area contributed by atoms with E-state index in [0.717, 1.165) is 60.8 Å². The highest BCUT2D eigenvalue weighted by atomic mass is 16.1. The van der Waals surface area contributed by atoms with Gasteiger partial charge in [-0.05, 0) is 29.8 Å². The van der Waals surface area contributed by atoms with E-state index in [-0.39, 0.29) is 5.91 Å². The number of fused-ring (bicyclic) bond motifs is 1. The van der Waals surface area contributed by atoms with Crippen LogP contribution in [0.1, 0.15) is 15.9 Å². The summed E-state index contributed by atoms with van der Waals surface area (Å²) in [6.45, 7) is 5.83. The van der Waals surface area contributed by atoms with Crippen molar-refractivity contribution in [1.82, 2.24) is 25.3 Å². The molecule has 7 nitrogen and oxygen atoms in total. The summed E-state index contributed by atoms with van der Waals surface area (Å²) in [5.74, 6) is -0.0706. The molecule has 3 N–H and O–H groups in total. The average molecular weight is 479 g/mol. The molecule has 0 atom stereocenters. The summed E-state index contributed by atoms with van der Waals surface area (Å²) in [7, 11) is 2.19. The highest BCUT2D eigenvalue weighted by Gasteiger charge is 2.23. The number of benzene rings is 3. The van der Waals surface area contributed by atoms with Crippen molar-refractivity contribution >= 4 is 11.6 Å². The number of hydrogen-bond donors (Lipinski definition) is 3. The Bertz CT molecular complexity index is 1390. The summed E-state index contributed by atoms with van der Waals surface area (Å²) >= 11 is 0. The van der Waals surface area contributed by atoms with Gasteiger partial charge in [0, 0.05) is 55.1 Å². The molecule has 6 rings (SSSR count). The van der Waals surface area contributed by atoms with E-state index in [2.05, 4.69) is 86.2 Å². The van der Waals surface area contributed by atoms with E-state index in [0.29, 0.717) is 12.2 Å². The summed E-state index contributed by atoms with van der Waals surface area (Å²) < 4.78 is 0. The molecule has 1 amide bonds. The van der Waals surface area contributed by atoms with E-state index in [1.54, 1.807) is 6.20 Å². The second kappa shape index (κ2) is 9.60. The zero-order chi connectivity index (χ0) is 24.5. The van der Waals surface area contributed by atoms with E-state index in [1.807, 2.05) is 18.2 Å². The molecule has 1 saturated heterocycles. The minimum Gasteiger partial charge on any atom is -0.367 e. The Morgan fingerprint density at radius 2 is 1.56 bits per heavy atom. The van der Waals surface area contributed by atoms with Crippen molar-refractivity contribution in [2.75, 3.05) is 45.2 Å². The van der Waals surface area contributed by atoms with E-state index in [4.69, 9.17) is 0 Å². The molecule has 7 heteroatoms. The van der Waals surface area contributed by atoms with Gasteiger partial charge in [0.15, 0.2) is 0 Å². The van der Waals surface area contributed by atoms with Gasteiger partial charge in [0.25, 0.3) is 5.91 Å². The summed E-state index contributed by atoms with van der Waals surface area (Å²) in [5.41, 5.74) is 9.03. The predicted molar refractivity (Wildman–Crippen MR) is 144 cm³/mol. The van der Waals surface area contributed by atoms with Gasteiger partial charge in [0.05, 0.1) is 24.1 Å². The standard InChI is InChI=1S/C29H30N6O/c1-34-13-15-35(16-14-34)18-22-5-2-3-6-23(22)20-9-11-21(12-10-20)28-25(17-32-33-28)24-7-4-8-26-27(24)29(36)31-19-30-26/h2-12,17,30H,13-16,18-19H2,1H3,(H,31,36)(H,32,33). The zero-order valence-electron chi connectivity index (χ0n) is 20.4. The Kier molecular flexibility index (Phi) is 6.01. The smallest absolute Gasteiger partial charge is 0.255 e. The van der Waals surface area contributed by atoms with Crippen molar-refractivity contribution in [1.29, 1.82) is 0 Å². The van der Waals surface area contributed by atoms with Crippen molar-refractivity contribution in [2.45, 2.75) is 6.54 Å². The average Bonchev–Trinajstić information content (AvgIpc) is 3.40. The number of nitrogens with one attached hydrogen (secondary N) is 3. The number of nitrogens with zero attached hydrogens (tertiary/aromatic N) is 3. The van der Waals surface area contributed by atoms with Crippen molar-refractivity contribution in [2.24, 2.45) is 0 Å². The lowest BCUT2D eigenvalue weighted by molar-refractivity contribution is 0.0953. The van der Waals surface area contributed by atoms with Crippen molar-refractivity contribution in [3.8, 4) is 33.5 Å². The van der Waals surface area contributed by atoms with Gasteiger partial charge in [-0.2, -0.15) is 5.10 Å². The number of amides is 1. The SMILES string of the molecule is CN1CCN(Cc2ccccc2-c2ccc(-c3[nH]ncc3-c3cccc4c3C(=O)NCN4)cc2)CC1. The second-order valence-corrected chi connectivity index (χ2v) is 9.56. The number of piperazine rings is 1. The first-order chi connectivity index (χ1) is 17.7. The number of hydrogen-bond acceptors (Lipinski definition) is 5. The topological polar surface area (TPSA) is 76.3 Å². The van der Waals surface area contributed by atoms with E-state index in [1.165, 1.54) is 16.7 Å². The van der Waals surface area contributed by atoms with Gasteiger partial charge in [-0.25, -0.2) is 0 Å². The quantitative estimate of drug-likeness (QED) is 0.399. The van der Waals surface area contributed by atoms with Crippen LogP contribution in [0.5, 0.6) is 0 Å². The van der Waals surface area contributed by atoms with Crippen LogP contribution in [0.4, 0.5) is 5.69 Å². The summed E-state index contributed by atoms with van der Waals surface area (Å²) in [6.07, 6.45) is 1.80. The molecule has 3 aromatic carbocycles. The first-order valence-corrected chi connectivity index (χ1v) is 12.5. The Morgan fingerprint density at radius 3 is 2.39 bits per heavy atom. The summed E-state index contributed by atoms with van der Waals surface area (Å²) in [4.78, 5) is 17.6. The Balaban J connectivity index is 1.30. The molecule has 1 fully saturated rings. The lowest BCUT2D eigenvalue weighted by Crippen LogP contribution is -2.43. The summed E-state index contributed by atoms with van der Waals surface area (Å²) in [6, 6.07) is 23.2. The normalized spacial score (nSPS) is 16.3. The summed E-state index contributed by atoms with van der Waals surface area (Å²) in [5, 5.41) is 13.6. The molecule has 0 spiro atoms. The molecule has 4 aromatic rings. The Hall–Kier alpha value is -3.94. The van der Waals surface area contributed by atoms with Gasteiger partial charge < -0.3 is 15.5 Å². The number of carbonyl (C=O) groups excluding carboxylic acids is 1. The number of H-pyrrole nitrogens is 1. The van der Waals surface area contributed by atoms with Crippen molar-refractivity contribution in [3.63, 3.8) is 0 Å². The molecule has 2 aliphatic rings. The predicted octanol–water partition coefficient (Wildman–Crippen LogP) is 4.27.